The van der Waals surface area contributed by atoms with Crippen LogP contribution in [0.2, 0.25) is 0 Å². The highest BCUT2D eigenvalue weighted by molar-refractivity contribution is 5.82. The monoisotopic (exact) mass is 376 g/mol. The lowest BCUT2D eigenvalue weighted by Gasteiger charge is -2.19. The topological polar surface area (TPSA) is 118 Å². The third kappa shape index (κ3) is 6.65. The molecule has 0 spiro atoms. The molecule has 1 aromatic carbocycles. The van der Waals surface area contributed by atoms with Crippen LogP contribution in [0, 0.1) is 0 Å². The Bertz CT molecular complexity index is 882. The van der Waals surface area contributed by atoms with E-state index < -0.39 is 17.3 Å². The van der Waals surface area contributed by atoms with Gasteiger partial charge in [0.1, 0.15) is 16.9 Å². The predicted molar refractivity (Wildman–Crippen MR) is 99.5 cm³/mol. The van der Waals surface area contributed by atoms with Crippen molar-refractivity contribution in [3.8, 4) is 5.75 Å². The number of phenolic OH excluding ortho intramolecular Hbond substituents is 1. The third-order valence-electron chi connectivity index (χ3n) is 3.54. The normalized spacial score (nSPS) is 11.2. The molecule has 0 radical (unpaired) electrons. The van der Waals surface area contributed by atoms with Crippen LogP contribution in [0.15, 0.2) is 33.5 Å². The van der Waals surface area contributed by atoms with E-state index in [9.17, 15) is 19.5 Å². The summed E-state index contributed by atoms with van der Waals surface area (Å²) in [6.07, 6.45) is 0.153. The minimum absolute atomic E-state index is 0.00989. The van der Waals surface area contributed by atoms with Crippen molar-refractivity contribution in [3.05, 3.63) is 40.2 Å². The van der Waals surface area contributed by atoms with E-state index in [2.05, 4.69) is 10.6 Å². The number of hydrogen-bond donors (Lipinski definition) is 3. The fourth-order valence-electron chi connectivity index (χ4n) is 2.40. The summed E-state index contributed by atoms with van der Waals surface area (Å²) in [7, 11) is 0. The average Bonchev–Trinajstić information content (AvgIpc) is 2.54. The van der Waals surface area contributed by atoms with Crippen LogP contribution in [0.25, 0.3) is 11.0 Å². The fourth-order valence-corrected chi connectivity index (χ4v) is 2.40. The van der Waals surface area contributed by atoms with Gasteiger partial charge in [0.05, 0.1) is 0 Å². The summed E-state index contributed by atoms with van der Waals surface area (Å²) in [5.41, 5.74) is -0.266. The Balaban J connectivity index is 1.82. The minimum atomic E-state index is -0.566. The number of fused-ring (bicyclic) bond motifs is 1. The van der Waals surface area contributed by atoms with Gasteiger partial charge in [-0.2, -0.15) is 0 Å². The van der Waals surface area contributed by atoms with Crippen LogP contribution in [0.1, 0.15) is 39.2 Å². The quantitative estimate of drug-likeness (QED) is 0.526. The van der Waals surface area contributed by atoms with E-state index >= 15 is 0 Å². The molecule has 0 bridgehead atoms. The minimum Gasteiger partial charge on any atom is -0.508 e. The summed E-state index contributed by atoms with van der Waals surface area (Å²) in [5.74, 6) is -0.217. The highest BCUT2D eigenvalue weighted by atomic mass is 16.6. The Labute approximate surface area is 156 Å². The molecule has 0 saturated heterocycles. The summed E-state index contributed by atoms with van der Waals surface area (Å²) < 4.78 is 10.1. The number of benzene rings is 1. The highest BCUT2D eigenvalue weighted by Crippen LogP contribution is 2.21. The van der Waals surface area contributed by atoms with Crippen LogP contribution >= 0.6 is 0 Å². The fraction of sp³-hybridized carbons (Fsp3) is 0.421. The molecule has 2 rings (SSSR count). The molecule has 2 aromatic rings. The summed E-state index contributed by atoms with van der Waals surface area (Å²) >= 11 is 0. The van der Waals surface area contributed by atoms with Gasteiger partial charge in [0.2, 0.25) is 5.91 Å². The van der Waals surface area contributed by atoms with Gasteiger partial charge in [-0.05, 0) is 44.9 Å². The van der Waals surface area contributed by atoms with Gasteiger partial charge in [-0.25, -0.2) is 9.59 Å². The SMILES string of the molecule is CC(C)(C)OC(=O)NCCCC(=O)NCc1cc(=O)oc2cc(O)ccc12. The van der Waals surface area contributed by atoms with E-state index in [4.69, 9.17) is 9.15 Å². The van der Waals surface area contributed by atoms with E-state index in [1.165, 1.54) is 18.2 Å². The smallest absolute Gasteiger partial charge is 0.407 e. The maximum Gasteiger partial charge on any atom is 0.407 e. The van der Waals surface area contributed by atoms with Crippen molar-refractivity contribution in [2.45, 2.75) is 45.8 Å². The number of rotatable bonds is 6. The maximum absolute atomic E-state index is 12.0. The zero-order valence-corrected chi connectivity index (χ0v) is 15.6. The van der Waals surface area contributed by atoms with Crippen molar-refractivity contribution in [2.24, 2.45) is 0 Å². The first-order valence-corrected chi connectivity index (χ1v) is 8.63. The van der Waals surface area contributed by atoms with Gasteiger partial charge < -0.3 is 24.9 Å². The van der Waals surface area contributed by atoms with Crippen LogP contribution in [0.4, 0.5) is 4.79 Å². The average molecular weight is 376 g/mol. The summed E-state index contributed by atoms with van der Waals surface area (Å²) in [6.45, 7) is 5.80. The van der Waals surface area contributed by atoms with Gasteiger partial charge in [0.15, 0.2) is 0 Å². The Morgan fingerprint density at radius 3 is 2.63 bits per heavy atom. The van der Waals surface area contributed by atoms with Crippen molar-refractivity contribution < 1.29 is 23.8 Å². The molecule has 146 valence electrons. The number of nitrogens with one attached hydrogen (secondary N) is 2. The first-order chi connectivity index (χ1) is 12.6. The van der Waals surface area contributed by atoms with Gasteiger partial charge in [0, 0.05) is 37.0 Å². The van der Waals surface area contributed by atoms with E-state index in [1.807, 2.05) is 0 Å². The molecule has 8 heteroatoms. The van der Waals surface area contributed by atoms with Crippen molar-refractivity contribution in [2.75, 3.05) is 6.54 Å². The van der Waals surface area contributed by atoms with Crippen LogP contribution in [-0.4, -0.2) is 29.3 Å². The van der Waals surface area contributed by atoms with Crippen molar-refractivity contribution in [1.29, 1.82) is 0 Å². The molecule has 1 aromatic heterocycles. The number of carbonyl (C=O) groups excluding carboxylic acids is 2. The second-order valence-electron chi connectivity index (χ2n) is 7.08. The summed E-state index contributed by atoms with van der Waals surface area (Å²) in [5, 5.41) is 15.4. The van der Waals surface area contributed by atoms with Crippen LogP contribution < -0.4 is 16.3 Å². The van der Waals surface area contributed by atoms with Gasteiger partial charge in [0.25, 0.3) is 0 Å². The molecule has 0 saturated carbocycles. The van der Waals surface area contributed by atoms with Gasteiger partial charge >= 0.3 is 11.7 Å². The molecule has 2 amide bonds. The maximum atomic E-state index is 12.0. The third-order valence-corrected chi connectivity index (χ3v) is 3.54. The van der Waals surface area contributed by atoms with Crippen LogP contribution in [-0.2, 0) is 16.1 Å². The van der Waals surface area contributed by atoms with E-state index in [0.717, 1.165) is 0 Å². The molecule has 1 heterocycles. The van der Waals surface area contributed by atoms with Gasteiger partial charge in [-0.1, -0.05) is 0 Å². The van der Waals surface area contributed by atoms with Crippen molar-refractivity contribution in [3.63, 3.8) is 0 Å². The Kier molecular flexibility index (Phi) is 6.44. The summed E-state index contributed by atoms with van der Waals surface area (Å²) in [6, 6.07) is 5.77. The molecule has 0 unspecified atom stereocenters. The molecule has 0 fully saturated rings. The Morgan fingerprint density at radius 2 is 1.93 bits per heavy atom. The number of amides is 2. The zero-order valence-electron chi connectivity index (χ0n) is 15.6. The highest BCUT2D eigenvalue weighted by Gasteiger charge is 2.15. The predicted octanol–water partition coefficient (Wildman–Crippen LogP) is 2.42. The first kappa shape index (κ1) is 20.3. The van der Waals surface area contributed by atoms with E-state index in [1.54, 1.807) is 26.8 Å². The molecule has 8 nitrogen and oxygen atoms in total. The lowest BCUT2D eigenvalue weighted by molar-refractivity contribution is -0.121. The van der Waals surface area contributed by atoms with Gasteiger partial charge in [-0.15, -0.1) is 0 Å². The number of hydrogen-bond acceptors (Lipinski definition) is 6. The molecule has 27 heavy (non-hydrogen) atoms. The summed E-state index contributed by atoms with van der Waals surface area (Å²) in [4.78, 5) is 35.1. The molecular weight excluding hydrogens is 352 g/mol. The standard InChI is InChI=1S/C19H24N2O6/c1-19(2,3)27-18(25)20-8-4-5-16(23)21-11-12-9-17(24)26-15-10-13(22)6-7-14(12)15/h6-7,9-10,22H,4-5,8,11H2,1-3H3,(H,20,25)(H,21,23). The van der Waals surface area contributed by atoms with E-state index in [-0.39, 0.29) is 30.2 Å². The molecule has 0 aliphatic carbocycles. The van der Waals surface area contributed by atoms with Crippen molar-refractivity contribution in [1.82, 2.24) is 10.6 Å². The molecular formula is C19H24N2O6. The molecule has 0 aliphatic rings. The lowest BCUT2D eigenvalue weighted by atomic mass is 10.1. The van der Waals surface area contributed by atoms with Crippen LogP contribution in [0.5, 0.6) is 5.75 Å². The Morgan fingerprint density at radius 1 is 1.19 bits per heavy atom. The second kappa shape index (κ2) is 8.57. The zero-order chi connectivity index (χ0) is 20.0. The van der Waals surface area contributed by atoms with Crippen molar-refractivity contribution >= 4 is 23.0 Å². The van der Waals surface area contributed by atoms with E-state index in [0.29, 0.717) is 23.9 Å². The lowest BCUT2D eigenvalue weighted by Crippen LogP contribution is -2.33. The van der Waals surface area contributed by atoms with Crippen LogP contribution in [0.3, 0.4) is 0 Å². The number of ether oxygens (including phenoxy) is 1. The number of alkyl carbamates (subject to hydrolysis) is 1. The molecule has 0 atom stereocenters. The first-order valence-electron chi connectivity index (χ1n) is 8.63. The number of aromatic hydroxyl groups is 1. The second-order valence-corrected chi connectivity index (χ2v) is 7.08. The Hall–Kier alpha value is -3.03. The van der Waals surface area contributed by atoms with Gasteiger partial charge in [-0.3, -0.25) is 4.79 Å². The largest absolute Gasteiger partial charge is 0.508 e. The molecule has 0 aliphatic heterocycles. The molecule has 3 N–H and O–H groups in total. The number of phenols is 1. The number of carbonyl (C=O) groups is 2.